The number of nitrogens with zero attached hydrogens (tertiary/aromatic N) is 2. The molecule has 3 heterocycles. The molecule has 1 atom stereocenters. The summed E-state index contributed by atoms with van der Waals surface area (Å²) in [6, 6.07) is 16.0. The first-order valence-corrected chi connectivity index (χ1v) is 11.0. The lowest BCUT2D eigenvalue weighted by Gasteiger charge is -2.24. The Morgan fingerprint density at radius 2 is 1.85 bits per heavy atom. The van der Waals surface area contributed by atoms with Crippen molar-refractivity contribution in [1.82, 2.24) is 4.98 Å². The van der Waals surface area contributed by atoms with E-state index in [1.54, 1.807) is 23.2 Å². The van der Waals surface area contributed by atoms with Gasteiger partial charge >= 0.3 is 0 Å². The lowest BCUT2D eigenvalue weighted by Crippen LogP contribution is -2.30. The molecule has 6 heteroatoms. The van der Waals surface area contributed by atoms with Crippen LogP contribution in [-0.2, 0) is 0 Å². The Morgan fingerprint density at radius 3 is 2.64 bits per heavy atom. The summed E-state index contributed by atoms with van der Waals surface area (Å²) in [5, 5.41) is 0.462. The highest BCUT2D eigenvalue weighted by molar-refractivity contribution is 6.10. The van der Waals surface area contributed by atoms with Crippen LogP contribution < -0.4 is 15.1 Å². The molecule has 0 spiro atoms. The minimum atomic E-state index is -0.673. The Balaban J connectivity index is 1.77. The maximum Gasteiger partial charge on any atom is 0.296 e. The second-order valence-corrected chi connectivity index (χ2v) is 8.36. The quantitative estimate of drug-likeness (QED) is 0.419. The zero-order valence-corrected chi connectivity index (χ0v) is 18.8. The number of hydrogen-bond acceptors (Lipinski definition) is 5. The van der Waals surface area contributed by atoms with Crippen molar-refractivity contribution in [2.75, 3.05) is 11.5 Å². The van der Waals surface area contributed by atoms with Crippen LogP contribution in [0.15, 0.2) is 70.0 Å². The molecule has 0 saturated carbocycles. The van der Waals surface area contributed by atoms with Crippen molar-refractivity contribution in [2.24, 2.45) is 0 Å². The molecule has 2 aromatic heterocycles. The topological polar surface area (TPSA) is 72.6 Å². The van der Waals surface area contributed by atoms with Crippen molar-refractivity contribution in [2.45, 2.75) is 33.2 Å². The van der Waals surface area contributed by atoms with Crippen molar-refractivity contribution in [3.63, 3.8) is 0 Å². The Hall–Kier alpha value is -3.93. The monoisotopic (exact) mass is 440 g/mol. The molecule has 1 amide bonds. The molecule has 0 saturated heterocycles. The van der Waals surface area contributed by atoms with Crippen LogP contribution in [0.3, 0.4) is 0 Å². The van der Waals surface area contributed by atoms with Crippen LogP contribution in [0.25, 0.3) is 11.0 Å². The lowest BCUT2D eigenvalue weighted by molar-refractivity contribution is 0.0970. The normalized spacial score (nSPS) is 15.2. The minimum Gasteiger partial charge on any atom is -0.494 e. The molecule has 1 aliphatic heterocycles. The van der Waals surface area contributed by atoms with Crippen LogP contribution in [0.4, 0.5) is 5.82 Å². The number of anilines is 1. The number of pyridine rings is 1. The zero-order chi connectivity index (χ0) is 23.1. The largest absolute Gasteiger partial charge is 0.494 e. The smallest absolute Gasteiger partial charge is 0.296 e. The van der Waals surface area contributed by atoms with E-state index in [0.29, 0.717) is 34.7 Å². The van der Waals surface area contributed by atoms with Gasteiger partial charge in [0, 0.05) is 6.20 Å². The first-order valence-electron chi connectivity index (χ1n) is 11.0. The molecule has 2 aromatic carbocycles. The summed E-state index contributed by atoms with van der Waals surface area (Å²) in [4.78, 5) is 33.3. The highest BCUT2D eigenvalue weighted by Gasteiger charge is 2.44. The number of ether oxygens (including phenoxy) is 1. The molecular formula is C27H24N2O4. The van der Waals surface area contributed by atoms with Crippen LogP contribution in [0.2, 0.25) is 0 Å². The maximum absolute atomic E-state index is 13.7. The van der Waals surface area contributed by atoms with E-state index in [0.717, 1.165) is 23.1 Å². The van der Waals surface area contributed by atoms with Gasteiger partial charge in [0.1, 0.15) is 17.2 Å². The maximum atomic E-state index is 13.7. The third-order valence-corrected chi connectivity index (χ3v) is 5.82. The Morgan fingerprint density at radius 1 is 1.03 bits per heavy atom. The van der Waals surface area contributed by atoms with Gasteiger partial charge in [-0.2, -0.15) is 0 Å². The van der Waals surface area contributed by atoms with E-state index >= 15 is 0 Å². The van der Waals surface area contributed by atoms with Gasteiger partial charge in [0.05, 0.1) is 23.6 Å². The molecule has 0 bridgehead atoms. The molecule has 6 nitrogen and oxygen atoms in total. The molecule has 0 aliphatic carbocycles. The van der Waals surface area contributed by atoms with Gasteiger partial charge in [0.15, 0.2) is 5.43 Å². The molecule has 0 fully saturated rings. The molecular weight excluding hydrogens is 416 g/mol. The summed E-state index contributed by atoms with van der Waals surface area (Å²) >= 11 is 0. The third kappa shape index (κ3) is 3.57. The summed E-state index contributed by atoms with van der Waals surface area (Å²) < 4.78 is 11.9. The standard InChI is InChI=1S/C27H24N2O4/c1-4-12-32-19-7-5-6-18(15-19)24-23-25(30)20-13-16(2)8-9-21(20)33-26(23)27(31)29(24)22-14-17(3)10-11-28-22/h5-11,13-15,24H,4,12H2,1-3H3. The summed E-state index contributed by atoms with van der Waals surface area (Å²) in [7, 11) is 0. The van der Waals surface area contributed by atoms with Crippen LogP contribution in [0.5, 0.6) is 5.75 Å². The second-order valence-electron chi connectivity index (χ2n) is 8.36. The summed E-state index contributed by atoms with van der Waals surface area (Å²) in [5.74, 6) is 0.835. The summed E-state index contributed by atoms with van der Waals surface area (Å²) in [6.07, 6.45) is 2.54. The van der Waals surface area contributed by atoms with Gasteiger partial charge in [-0.15, -0.1) is 0 Å². The molecule has 0 N–H and O–H groups in total. The fourth-order valence-corrected chi connectivity index (χ4v) is 4.28. The molecule has 166 valence electrons. The first-order chi connectivity index (χ1) is 16.0. The number of aromatic nitrogens is 1. The van der Waals surface area contributed by atoms with E-state index in [1.807, 2.05) is 63.2 Å². The van der Waals surface area contributed by atoms with E-state index in [-0.39, 0.29) is 17.1 Å². The summed E-state index contributed by atoms with van der Waals surface area (Å²) in [6.45, 7) is 6.48. The summed E-state index contributed by atoms with van der Waals surface area (Å²) in [5.41, 5.74) is 3.19. The number of carbonyl (C=O) groups is 1. The number of amides is 1. The first kappa shape index (κ1) is 20.9. The van der Waals surface area contributed by atoms with Crippen molar-refractivity contribution in [1.29, 1.82) is 0 Å². The van der Waals surface area contributed by atoms with E-state index in [1.165, 1.54) is 0 Å². The van der Waals surface area contributed by atoms with E-state index < -0.39 is 6.04 Å². The number of hydrogen-bond donors (Lipinski definition) is 0. The highest BCUT2D eigenvalue weighted by Crippen LogP contribution is 2.41. The number of benzene rings is 2. The van der Waals surface area contributed by atoms with Crippen molar-refractivity contribution >= 4 is 22.7 Å². The fourth-order valence-electron chi connectivity index (χ4n) is 4.28. The highest BCUT2D eigenvalue weighted by atomic mass is 16.5. The Labute approximate surface area is 191 Å². The van der Waals surface area contributed by atoms with Crippen LogP contribution in [0, 0.1) is 13.8 Å². The van der Waals surface area contributed by atoms with Gasteiger partial charge in [0.25, 0.3) is 5.91 Å². The Bertz CT molecular complexity index is 1440. The van der Waals surface area contributed by atoms with Crippen molar-refractivity contribution in [3.8, 4) is 5.75 Å². The average Bonchev–Trinajstić information content (AvgIpc) is 3.11. The third-order valence-electron chi connectivity index (χ3n) is 5.82. The van der Waals surface area contributed by atoms with E-state index in [4.69, 9.17) is 9.15 Å². The fraction of sp³-hybridized carbons (Fsp3) is 0.222. The SMILES string of the molecule is CCCOc1cccc(C2c3c(oc4ccc(C)cc4c3=O)C(=O)N2c2cc(C)ccn2)c1. The van der Waals surface area contributed by atoms with E-state index in [9.17, 15) is 9.59 Å². The van der Waals surface area contributed by atoms with Gasteiger partial charge in [-0.25, -0.2) is 4.98 Å². The van der Waals surface area contributed by atoms with Crippen molar-refractivity contribution < 1.29 is 13.9 Å². The molecule has 0 radical (unpaired) electrons. The molecule has 1 aliphatic rings. The van der Waals surface area contributed by atoms with E-state index in [2.05, 4.69) is 4.98 Å². The molecule has 5 rings (SSSR count). The van der Waals surface area contributed by atoms with Crippen LogP contribution >= 0.6 is 0 Å². The van der Waals surface area contributed by atoms with Gasteiger partial charge in [-0.05, 0) is 67.8 Å². The van der Waals surface area contributed by atoms with Crippen LogP contribution in [-0.4, -0.2) is 17.5 Å². The van der Waals surface area contributed by atoms with Gasteiger partial charge < -0.3 is 9.15 Å². The number of fused-ring (bicyclic) bond motifs is 2. The number of aryl methyl sites for hydroxylation is 2. The van der Waals surface area contributed by atoms with Crippen molar-refractivity contribution in [3.05, 3.63) is 99.0 Å². The van der Waals surface area contributed by atoms with Crippen LogP contribution in [0.1, 0.15) is 52.2 Å². The molecule has 4 aromatic rings. The Kier molecular flexibility index (Phi) is 5.21. The number of rotatable bonds is 5. The lowest BCUT2D eigenvalue weighted by atomic mass is 9.98. The number of carbonyl (C=O) groups excluding carboxylic acids is 1. The predicted octanol–water partition coefficient (Wildman–Crippen LogP) is 5.34. The minimum absolute atomic E-state index is 0.0598. The molecule has 1 unspecified atom stereocenters. The van der Waals surface area contributed by atoms with Gasteiger partial charge in [0.2, 0.25) is 5.76 Å². The average molecular weight is 440 g/mol. The van der Waals surface area contributed by atoms with Gasteiger partial charge in [-0.1, -0.05) is 30.7 Å². The van der Waals surface area contributed by atoms with Gasteiger partial charge in [-0.3, -0.25) is 14.5 Å². The predicted molar refractivity (Wildman–Crippen MR) is 127 cm³/mol. The molecule has 33 heavy (non-hydrogen) atoms. The second kappa shape index (κ2) is 8.20. The zero-order valence-electron chi connectivity index (χ0n) is 18.8.